The average molecular weight is 408 g/mol. The molecular weight excluding hydrogens is 397 g/mol. The predicted molar refractivity (Wildman–Crippen MR) is 82.1 cm³/mol. The highest BCUT2D eigenvalue weighted by Gasteiger charge is 2.17. The first-order chi connectivity index (χ1) is 7.74. The lowest BCUT2D eigenvalue weighted by molar-refractivity contribution is 0.688. The minimum absolute atomic E-state index is 0.258. The molecule has 0 aliphatic rings. The van der Waals surface area contributed by atoms with Crippen LogP contribution in [-0.4, -0.2) is 7.05 Å². The van der Waals surface area contributed by atoms with E-state index in [0.717, 1.165) is 0 Å². The van der Waals surface area contributed by atoms with Crippen LogP contribution < -0.4 is 5.32 Å². The van der Waals surface area contributed by atoms with Crippen molar-refractivity contribution in [1.29, 1.82) is 0 Å². The van der Waals surface area contributed by atoms with E-state index in [1.165, 1.54) is 19.2 Å². The van der Waals surface area contributed by atoms with E-state index in [4.69, 9.17) is 0 Å². The summed E-state index contributed by atoms with van der Waals surface area (Å²) in [5.41, 5.74) is 2.63. The SMILES string of the molecule is CNC(c1cscc1Br)c1ccccc1I. The van der Waals surface area contributed by atoms with Gasteiger partial charge in [0.15, 0.2) is 0 Å². The van der Waals surface area contributed by atoms with E-state index in [1.807, 2.05) is 7.05 Å². The topological polar surface area (TPSA) is 12.0 Å². The highest BCUT2D eigenvalue weighted by Crippen LogP contribution is 2.33. The van der Waals surface area contributed by atoms with E-state index in [0.29, 0.717) is 0 Å². The summed E-state index contributed by atoms with van der Waals surface area (Å²) in [6, 6.07) is 8.73. The molecular formula is C12H11BrINS. The van der Waals surface area contributed by atoms with Crippen molar-refractivity contribution in [3.8, 4) is 0 Å². The van der Waals surface area contributed by atoms with Crippen molar-refractivity contribution in [3.63, 3.8) is 0 Å². The molecule has 0 aliphatic carbocycles. The summed E-state index contributed by atoms with van der Waals surface area (Å²) < 4.78 is 2.47. The maximum Gasteiger partial charge on any atom is 0.0604 e. The smallest absolute Gasteiger partial charge is 0.0604 e. The van der Waals surface area contributed by atoms with Crippen LogP contribution in [0.15, 0.2) is 39.5 Å². The van der Waals surface area contributed by atoms with Crippen molar-refractivity contribution < 1.29 is 0 Å². The van der Waals surface area contributed by atoms with Crippen LogP contribution in [0.3, 0.4) is 0 Å². The van der Waals surface area contributed by atoms with E-state index in [-0.39, 0.29) is 6.04 Å². The fourth-order valence-electron chi connectivity index (χ4n) is 1.69. The minimum Gasteiger partial charge on any atom is -0.309 e. The van der Waals surface area contributed by atoms with Crippen molar-refractivity contribution in [2.45, 2.75) is 6.04 Å². The fourth-order valence-corrected chi connectivity index (χ4v) is 3.94. The zero-order valence-electron chi connectivity index (χ0n) is 8.71. The molecule has 1 aromatic carbocycles. The molecule has 0 saturated heterocycles. The second-order valence-electron chi connectivity index (χ2n) is 3.42. The predicted octanol–water partition coefficient (Wildman–Crippen LogP) is 4.42. The molecule has 4 heteroatoms. The van der Waals surface area contributed by atoms with Crippen LogP contribution in [-0.2, 0) is 0 Å². The van der Waals surface area contributed by atoms with E-state index < -0.39 is 0 Å². The summed E-state index contributed by atoms with van der Waals surface area (Å²) in [5, 5.41) is 7.68. The van der Waals surface area contributed by atoms with Gasteiger partial charge < -0.3 is 5.32 Å². The van der Waals surface area contributed by atoms with Crippen LogP contribution in [0.25, 0.3) is 0 Å². The lowest BCUT2D eigenvalue weighted by Gasteiger charge is -2.17. The molecule has 1 aromatic heterocycles. The zero-order chi connectivity index (χ0) is 11.5. The first kappa shape index (κ1) is 12.5. The van der Waals surface area contributed by atoms with E-state index >= 15 is 0 Å². The molecule has 1 atom stereocenters. The Morgan fingerprint density at radius 1 is 1.25 bits per heavy atom. The quantitative estimate of drug-likeness (QED) is 0.742. The monoisotopic (exact) mass is 407 g/mol. The zero-order valence-corrected chi connectivity index (χ0v) is 13.3. The molecule has 0 radical (unpaired) electrons. The van der Waals surface area contributed by atoms with Gasteiger partial charge in [-0.25, -0.2) is 0 Å². The van der Waals surface area contributed by atoms with Gasteiger partial charge in [0, 0.05) is 13.4 Å². The Morgan fingerprint density at radius 2 is 2.00 bits per heavy atom. The molecule has 1 N–H and O–H groups in total. The van der Waals surface area contributed by atoms with Crippen LogP contribution in [0.2, 0.25) is 0 Å². The molecule has 0 bridgehead atoms. The highest BCUT2D eigenvalue weighted by atomic mass is 127. The summed E-state index contributed by atoms with van der Waals surface area (Å²) >= 11 is 7.70. The van der Waals surface area contributed by atoms with Gasteiger partial charge in [-0.1, -0.05) is 18.2 Å². The van der Waals surface area contributed by atoms with Gasteiger partial charge in [0.1, 0.15) is 0 Å². The second kappa shape index (κ2) is 5.62. The minimum atomic E-state index is 0.258. The lowest BCUT2D eigenvalue weighted by atomic mass is 10.0. The molecule has 1 unspecified atom stereocenters. The number of rotatable bonds is 3. The molecule has 0 amide bonds. The summed E-state index contributed by atoms with van der Waals surface area (Å²) in [5.74, 6) is 0. The van der Waals surface area contributed by atoms with Crippen molar-refractivity contribution in [2.75, 3.05) is 7.05 Å². The number of nitrogens with one attached hydrogen (secondary N) is 1. The third-order valence-corrected chi connectivity index (χ3v) is 5.19. The van der Waals surface area contributed by atoms with Crippen molar-refractivity contribution in [1.82, 2.24) is 5.32 Å². The lowest BCUT2D eigenvalue weighted by Crippen LogP contribution is -2.18. The van der Waals surface area contributed by atoms with Gasteiger partial charge in [0.25, 0.3) is 0 Å². The third kappa shape index (κ3) is 2.50. The molecule has 0 fully saturated rings. The van der Waals surface area contributed by atoms with Crippen molar-refractivity contribution >= 4 is 49.9 Å². The van der Waals surface area contributed by atoms with E-state index in [9.17, 15) is 0 Å². The Morgan fingerprint density at radius 3 is 2.56 bits per heavy atom. The molecule has 2 rings (SSSR count). The summed E-state index contributed by atoms with van der Waals surface area (Å²) in [4.78, 5) is 0. The average Bonchev–Trinajstić information content (AvgIpc) is 2.69. The van der Waals surface area contributed by atoms with Crippen LogP contribution >= 0.6 is 49.9 Å². The number of benzene rings is 1. The molecule has 84 valence electrons. The van der Waals surface area contributed by atoms with Crippen LogP contribution in [0.1, 0.15) is 17.2 Å². The molecule has 16 heavy (non-hydrogen) atoms. The Kier molecular flexibility index (Phi) is 4.41. The summed E-state index contributed by atoms with van der Waals surface area (Å²) in [6.45, 7) is 0. The normalized spacial score (nSPS) is 12.7. The summed E-state index contributed by atoms with van der Waals surface area (Å²) in [6.07, 6.45) is 0. The third-order valence-electron chi connectivity index (χ3n) is 2.46. The molecule has 0 spiro atoms. The Bertz CT molecular complexity index is 483. The van der Waals surface area contributed by atoms with Gasteiger partial charge in [0.2, 0.25) is 0 Å². The molecule has 1 nitrogen and oxygen atoms in total. The number of hydrogen-bond donors (Lipinski definition) is 1. The van der Waals surface area contributed by atoms with Crippen LogP contribution in [0.4, 0.5) is 0 Å². The van der Waals surface area contributed by atoms with Gasteiger partial charge in [-0.15, -0.1) is 0 Å². The molecule has 0 aliphatic heterocycles. The standard InChI is InChI=1S/C12H11BrINS/c1-15-12(9-6-16-7-10(9)13)8-4-2-3-5-11(8)14/h2-7,12,15H,1H3. The van der Waals surface area contributed by atoms with Gasteiger partial charge in [-0.3, -0.25) is 0 Å². The Balaban J connectivity index is 2.45. The van der Waals surface area contributed by atoms with E-state index in [1.54, 1.807) is 11.3 Å². The first-order valence-corrected chi connectivity index (χ1v) is 7.68. The first-order valence-electron chi connectivity index (χ1n) is 4.87. The number of halogens is 2. The van der Waals surface area contributed by atoms with Crippen LogP contribution in [0, 0.1) is 3.57 Å². The fraction of sp³-hybridized carbons (Fsp3) is 0.167. The maximum absolute atomic E-state index is 3.60. The Labute approximate surface area is 122 Å². The molecule has 0 saturated carbocycles. The van der Waals surface area contributed by atoms with Gasteiger partial charge >= 0.3 is 0 Å². The number of hydrogen-bond acceptors (Lipinski definition) is 2. The number of thiophene rings is 1. The van der Waals surface area contributed by atoms with Crippen LogP contribution in [0.5, 0.6) is 0 Å². The van der Waals surface area contributed by atoms with Crippen molar-refractivity contribution in [2.24, 2.45) is 0 Å². The Hall–Kier alpha value is 0.0900. The van der Waals surface area contributed by atoms with Crippen molar-refractivity contribution in [3.05, 3.63) is 54.2 Å². The second-order valence-corrected chi connectivity index (χ2v) is 6.18. The van der Waals surface area contributed by atoms with E-state index in [2.05, 4.69) is 78.9 Å². The van der Waals surface area contributed by atoms with Gasteiger partial charge in [-0.2, -0.15) is 11.3 Å². The molecule has 2 aromatic rings. The van der Waals surface area contributed by atoms with Gasteiger partial charge in [-0.05, 0) is 68.1 Å². The molecule has 1 heterocycles. The highest BCUT2D eigenvalue weighted by molar-refractivity contribution is 14.1. The maximum atomic E-state index is 3.60. The summed E-state index contributed by atoms with van der Waals surface area (Å²) in [7, 11) is 2.00. The largest absolute Gasteiger partial charge is 0.309 e. The van der Waals surface area contributed by atoms with Gasteiger partial charge in [0.05, 0.1) is 6.04 Å².